The highest BCUT2D eigenvalue weighted by Crippen LogP contribution is 2.27. The molecule has 32 heavy (non-hydrogen) atoms. The van der Waals surface area contributed by atoms with Gasteiger partial charge in [0.1, 0.15) is 5.82 Å². The molecule has 1 saturated heterocycles. The number of aromatic amines is 1. The SMILES string of the molecule is O=C(Nc1cccc(CSc2ccccn2)c1)N1CCCC(c2nc3ccccc3[nH]2)C1. The number of hydrogen-bond acceptors (Lipinski definition) is 4. The Morgan fingerprint density at radius 1 is 1.12 bits per heavy atom. The maximum absolute atomic E-state index is 13.0. The van der Waals surface area contributed by atoms with Gasteiger partial charge in [0, 0.05) is 36.6 Å². The first kappa shape index (κ1) is 20.6. The van der Waals surface area contributed by atoms with Crippen LogP contribution in [0, 0.1) is 0 Å². The molecule has 0 aliphatic carbocycles. The third-order valence-corrected chi connectivity index (χ3v) is 6.72. The predicted octanol–water partition coefficient (Wildman–Crippen LogP) is 5.66. The standard InChI is InChI=1S/C25H25N5OS/c31-25(27-20-9-5-7-18(15-20)17-32-23-12-3-4-13-26-23)30-14-6-8-19(16-30)24-28-21-10-1-2-11-22(21)29-24/h1-5,7,9-13,15,19H,6,8,14,16-17H2,(H,27,31)(H,28,29). The summed E-state index contributed by atoms with van der Waals surface area (Å²) < 4.78 is 0. The van der Waals surface area contributed by atoms with E-state index in [1.807, 2.05) is 65.6 Å². The number of nitrogens with zero attached hydrogens (tertiary/aromatic N) is 3. The number of piperidine rings is 1. The molecule has 2 aromatic heterocycles. The van der Waals surface area contributed by atoms with E-state index >= 15 is 0 Å². The van der Waals surface area contributed by atoms with Crippen molar-refractivity contribution in [3.63, 3.8) is 0 Å². The van der Waals surface area contributed by atoms with Crippen molar-refractivity contribution < 1.29 is 4.79 Å². The van der Waals surface area contributed by atoms with Crippen LogP contribution in [0.2, 0.25) is 0 Å². The van der Waals surface area contributed by atoms with E-state index in [-0.39, 0.29) is 11.9 Å². The number of likely N-dealkylation sites (tertiary alicyclic amines) is 1. The van der Waals surface area contributed by atoms with E-state index in [2.05, 4.69) is 21.4 Å². The predicted molar refractivity (Wildman–Crippen MR) is 129 cm³/mol. The monoisotopic (exact) mass is 443 g/mol. The Morgan fingerprint density at radius 3 is 2.91 bits per heavy atom. The lowest BCUT2D eigenvalue weighted by Gasteiger charge is -2.31. The van der Waals surface area contributed by atoms with Gasteiger partial charge in [-0.3, -0.25) is 0 Å². The molecule has 162 valence electrons. The minimum Gasteiger partial charge on any atom is -0.342 e. The van der Waals surface area contributed by atoms with Gasteiger partial charge in [0.15, 0.2) is 0 Å². The molecule has 5 rings (SSSR count). The summed E-state index contributed by atoms with van der Waals surface area (Å²) in [4.78, 5) is 27.4. The van der Waals surface area contributed by atoms with Crippen molar-refractivity contribution in [2.45, 2.75) is 29.5 Å². The van der Waals surface area contributed by atoms with Crippen molar-refractivity contribution in [2.75, 3.05) is 18.4 Å². The highest BCUT2D eigenvalue weighted by atomic mass is 32.2. The van der Waals surface area contributed by atoms with Crippen LogP contribution in [0.5, 0.6) is 0 Å². The summed E-state index contributed by atoms with van der Waals surface area (Å²) in [6.45, 7) is 1.43. The molecule has 1 aliphatic heterocycles. The second kappa shape index (κ2) is 9.44. The Bertz CT molecular complexity index is 1180. The summed E-state index contributed by atoms with van der Waals surface area (Å²) in [5, 5.41) is 4.07. The summed E-state index contributed by atoms with van der Waals surface area (Å²) in [6, 6.07) is 21.9. The average molecular weight is 444 g/mol. The first-order valence-corrected chi connectivity index (χ1v) is 11.9. The molecule has 0 bridgehead atoms. The Hall–Kier alpha value is -3.32. The van der Waals surface area contributed by atoms with Gasteiger partial charge in [-0.05, 0) is 54.8 Å². The van der Waals surface area contributed by atoms with Crippen LogP contribution in [-0.2, 0) is 5.75 Å². The van der Waals surface area contributed by atoms with Gasteiger partial charge >= 0.3 is 6.03 Å². The lowest BCUT2D eigenvalue weighted by molar-refractivity contribution is 0.191. The number of imidazole rings is 1. The van der Waals surface area contributed by atoms with Crippen molar-refractivity contribution in [1.29, 1.82) is 0 Å². The molecular weight excluding hydrogens is 418 g/mol. The number of para-hydroxylation sites is 2. The Labute approximate surface area is 191 Å². The van der Waals surface area contributed by atoms with Gasteiger partial charge in [0.25, 0.3) is 0 Å². The van der Waals surface area contributed by atoms with E-state index < -0.39 is 0 Å². The van der Waals surface area contributed by atoms with Crippen molar-refractivity contribution in [1.82, 2.24) is 19.9 Å². The number of thioether (sulfide) groups is 1. The molecule has 4 aromatic rings. The van der Waals surface area contributed by atoms with Crippen LogP contribution < -0.4 is 5.32 Å². The summed E-state index contributed by atoms with van der Waals surface area (Å²) in [7, 11) is 0. The second-order valence-electron chi connectivity index (χ2n) is 8.01. The number of carbonyl (C=O) groups is 1. The van der Waals surface area contributed by atoms with Gasteiger partial charge in [-0.15, -0.1) is 11.8 Å². The fourth-order valence-electron chi connectivity index (χ4n) is 4.08. The van der Waals surface area contributed by atoms with E-state index in [0.717, 1.165) is 58.3 Å². The van der Waals surface area contributed by atoms with Gasteiger partial charge in [-0.25, -0.2) is 14.8 Å². The Kier molecular flexibility index (Phi) is 6.07. The van der Waals surface area contributed by atoms with Gasteiger partial charge < -0.3 is 15.2 Å². The molecule has 1 aliphatic rings. The van der Waals surface area contributed by atoms with Crippen LogP contribution in [0.1, 0.15) is 30.1 Å². The summed E-state index contributed by atoms with van der Waals surface area (Å²) >= 11 is 1.68. The molecule has 7 heteroatoms. The number of rotatable bonds is 5. The number of H-pyrrole nitrogens is 1. The Morgan fingerprint density at radius 2 is 2.03 bits per heavy atom. The van der Waals surface area contributed by atoms with Crippen LogP contribution in [0.15, 0.2) is 78.0 Å². The number of urea groups is 1. The fourth-order valence-corrected chi connectivity index (χ4v) is 4.89. The smallest absolute Gasteiger partial charge is 0.321 e. The van der Waals surface area contributed by atoms with Crippen molar-refractivity contribution in [2.24, 2.45) is 0 Å². The molecule has 6 nitrogen and oxygen atoms in total. The van der Waals surface area contributed by atoms with E-state index in [4.69, 9.17) is 4.98 Å². The first-order chi connectivity index (χ1) is 15.7. The third-order valence-electron chi connectivity index (χ3n) is 5.71. The van der Waals surface area contributed by atoms with Crippen molar-refractivity contribution in [3.05, 3.63) is 84.3 Å². The molecule has 2 amide bonds. The number of amides is 2. The molecule has 2 aromatic carbocycles. The molecule has 1 fully saturated rings. The van der Waals surface area contributed by atoms with Crippen LogP contribution >= 0.6 is 11.8 Å². The van der Waals surface area contributed by atoms with E-state index in [0.29, 0.717) is 6.54 Å². The summed E-state index contributed by atoms with van der Waals surface area (Å²) in [5.74, 6) is 2.00. The average Bonchev–Trinajstić information content (AvgIpc) is 3.28. The van der Waals surface area contributed by atoms with Gasteiger partial charge in [0.2, 0.25) is 0 Å². The highest BCUT2D eigenvalue weighted by Gasteiger charge is 2.26. The largest absolute Gasteiger partial charge is 0.342 e. The number of benzene rings is 2. The quantitative estimate of drug-likeness (QED) is 0.390. The van der Waals surface area contributed by atoms with Gasteiger partial charge in [0.05, 0.1) is 16.1 Å². The zero-order valence-corrected chi connectivity index (χ0v) is 18.5. The molecule has 0 saturated carbocycles. The lowest BCUT2D eigenvalue weighted by atomic mass is 9.97. The van der Waals surface area contributed by atoms with Crippen LogP contribution in [0.25, 0.3) is 11.0 Å². The van der Waals surface area contributed by atoms with E-state index in [1.54, 1.807) is 18.0 Å². The van der Waals surface area contributed by atoms with Gasteiger partial charge in [-0.1, -0.05) is 30.3 Å². The minimum atomic E-state index is -0.0552. The minimum absolute atomic E-state index is 0.0552. The number of hydrogen-bond donors (Lipinski definition) is 2. The lowest BCUT2D eigenvalue weighted by Crippen LogP contribution is -2.41. The third kappa shape index (κ3) is 4.78. The summed E-state index contributed by atoms with van der Waals surface area (Å²) in [6.07, 6.45) is 3.80. The van der Waals surface area contributed by atoms with Crippen LogP contribution in [0.3, 0.4) is 0 Å². The number of aromatic nitrogens is 3. The maximum Gasteiger partial charge on any atom is 0.321 e. The second-order valence-corrected chi connectivity index (χ2v) is 9.01. The number of fused-ring (bicyclic) bond motifs is 1. The Balaban J connectivity index is 1.21. The van der Waals surface area contributed by atoms with Crippen molar-refractivity contribution >= 4 is 34.5 Å². The zero-order chi connectivity index (χ0) is 21.8. The molecule has 0 radical (unpaired) electrons. The molecule has 2 N–H and O–H groups in total. The molecule has 3 heterocycles. The summed E-state index contributed by atoms with van der Waals surface area (Å²) in [5.41, 5.74) is 3.99. The van der Waals surface area contributed by atoms with Gasteiger partial charge in [-0.2, -0.15) is 0 Å². The molecule has 1 atom stereocenters. The zero-order valence-electron chi connectivity index (χ0n) is 17.7. The highest BCUT2D eigenvalue weighted by molar-refractivity contribution is 7.98. The van der Waals surface area contributed by atoms with E-state index in [1.165, 1.54) is 0 Å². The number of nitrogens with one attached hydrogen (secondary N) is 2. The molecule has 0 spiro atoms. The van der Waals surface area contributed by atoms with E-state index in [9.17, 15) is 4.79 Å². The normalized spacial score (nSPS) is 16.2. The van der Waals surface area contributed by atoms with Crippen LogP contribution in [0.4, 0.5) is 10.5 Å². The van der Waals surface area contributed by atoms with Crippen LogP contribution in [-0.4, -0.2) is 39.0 Å². The number of anilines is 1. The molecular formula is C25H25N5OS. The topological polar surface area (TPSA) is 73.9 Å². The number of carbonyl (C=O) groups excluding carboxylic acids is 1. The maximum atomic E-state index is 13.0. The fraction of sp³-hybridized carbons (Fsp3) is 0.240. The number of pyridine rings is 1. The first-order valence-electron chi connectivity index (χ1n) is 10.9. The molecule has 1 unspecified atom stereocenters. The van der Waals surface area contributed by atoms with Crippen molar-refractivity contribution in [3.8, 4) is 0 Å².